The SMILES string of the molecule is CCc1ccc(NC(=O)c2cccc3[nH]c(=O)[nH]c23)cc1. The number of aryl methyl sites for hydroxylation is 1. The molecule has 0 atom stereocenters. The van der Waals surface area contributed by atoms with Crippen molar-refractivity contribution in [1.29, 1.82) is 0 Å². The minimum atomic E-state index is -0.322. The van der Waals surface area contributed by atoms with Gasteiger partial charge in [-0.15, -0.1) is 0 Å². The molecule has 0 aliphatic rings. The van der Waals surface area contributed by atoms with E-state index in [1.807, 2.05) is 24.3 Å². The van der Waals surface area contributed by atoms with Crippen LogP contribution >= 0.6 is 0 Å². The molecule has 3 aromatic rings. The lowest BCUT2D eigenvalue weighted by molar-refractivity contribution is 0.102. The highest BCUT2D eigenvalue weighted by molar-refractivity contribution is 6.11. The van der Waals surface area contributed by atoms with Crippen molar-refractivity contribution >= 4 is 22.6 Å². The minimum absolute atomic E-state index is 0.250. The van der Waals surface area contributed by atoms with Crippen molar-refractivity contribution in [3.8, 4) is 0 Å². The maximum absolute atomic E-state index is 12.3. The first-order valence-electron chi connectivity index (χ1n) is 6.78. The molecule has 21 heavy (non-hydrogen) atoms. The molecule has 1 amide bonds. The van der Waals surface area contributed by atoms with E-state index in [1.54, 1.807) is 18.2 Å². The van der Waals surface area contributed by atoms with E-state index in [2.05, 4.69) is 22.2 Å². The largest absolute Gasteiger partial charge is 0.323 e. The molecule has 0 bridgehead atoms. The number of para-hydroxylation sites is 1. The van der Waals surface area contributed by atoms with Gasteiger partial charge in [0, 0.05) is 5.69 Å². The number of fused-ring (bicyclic) bond motifs is 1. The number of carbonyl (C=O) groups is 1. The van der Waals surface area contributed by atoms with E-state index in [0.29, 0.717) is 16.6 Å². The molecular weight excluding hydrogens is 266 g/mol. The topological polar surface area (TPSA) is 77.8 Å². The summed E-state index contributed by atoms with van der Waals surface area (Å²) in [7, 11) is 0. The van der Waals surface area contributed by atoms with Gasteiger partial charge in [0.25, 0.3) is 5.91 Å². The van der Waals surface area contributed by atoms with E-state index in [-0.39, 0.29) is 11.6 Å². The standard InChI is InChI=1S/C16H15N3O2/c1-2-10-6-8-11(9-7-10)17-15(20)12-4-3-5-13-14(12)19-16(21)18-13/h3-9H,2H2,1H3,(H,17,20)(H2,18,19,21). The van der Waals surface area contributed by atoms with E-state index in [4.69, 9.17) is 0 Å². The van der Waals surface area contributed by atoms with Crippen LogP contribution in [-0.2, 0) is 6.42 Å². The van der Waals surface area contributed by atoms with Crippen molar-refractivity contribution in [3.63, 3.8) is 0 Å². The minimum Gasteiger partial charge on any atom is -0.322 e. The summed E-state index contributed by atoms with van der Waals surface area (Å²) in [6, 6.07) is 12.9. The second kappa shape index (κ2) is 5.28. The number of hydrogen-bond acceptors (Lipinski definition) is 2. The molecule has 0 radical (unpaired) electrons. The summed E-state index contributed by atoms with van der Waals surface area (Å²) in [6.45, 7) is 2.08. The lowest BCUT2D eigenvalue weighted by Gasteiger charge is -2.06. The van der Waals surface area contributed by atoms with E-state index < -0.39 is 0 Å². The van der Waals surface area contributed by atoms with Gasteiger partial charge in [0.1, 0.15) is 0 Å². The molecule has 5 nitrogen and oxygen atoms in total. The van der Waals surface area contributed by atoms with Crippen LogP contribution in [0.25, 0.3) is 11.0 Å². The summed E-state index contributed by atoms with van der Waals surface area (Å²) in [6.07, 6.45) is 0.956. The predicted octanol–water partition coefficient (Wildman–Crippen LogP) is 2.67. The molecule has 3 rings (SSSR count). The van der Waals surface area contributed by atoms with Crippen molar-refractivity contribution in [2.24, 2.45) is 0 Å². The van der Waals surface area contributed by atoms with E-state index in [0.717, 1.165) is 12.1 Å². The molecule has 1 heterocycles. The number of H-pyrrole nitrogens is 2. The highest BCUT2D eigenvalue weighted by Crippen LogP contribution is 2.16. The third kappa shape index (κ3) is 2.58. The quantitative estimate of drug-likeness (QED) is 0.690. The number of rotatable bonds is 3. The number of aromatic amines is 2. The average molecular weight is 281 g/mol. The Labute approximate surface area is 121 Å². The van der Waals surface area contributed by atoms with E-state index in [9.17, 15) is 9.59 Å². The van der Waals surface area contributed by atoms with E-state index in [1.165, 1.54) is 5.56 Å². The second-order valence-electron chi connectivity index (χ2n) is 4.81. The molecule has 106 valence electrons. The number of hydrogen-bond donors (Lipinski definition) is 3. The lowest BCUT2D eigenvalue weighted by Crippen LogP contribution is -2.12. The maximum atomic E-state index is 12.3. The van der Waals surface area contributed by atoms with Gasteiger partial charge in [0.2, 0.25) is 0 Å². The van der Waals surface area contributed by atoms with E-state index >= 15 is 0 Å². The van der Waals surface area contributed by atoms with Crippen LogP contribution in [0.3, 0.4) is 0 Å². The van der Waals surface area contributed by atoms with Crippen LogP contribution in [0, 0.1) is 0 Å². The molecule has 0 aliphatic heterocycles. The molecule has 0 unspecified atom stereocenters. The number of nitrogens with one attached hydrogen (secondary N) is 3. The molecule has 2 aromatic carbocycles. The molecule has 0 spiro atoms. The van der Waals surface area contributed by atoms with Crippen LogP contribution in [-0.4, -0.2) is 15.9 Å². The smallest absolute Gasteiger partial charge is 0.322 e. The monoisotopic (exact) mass is 281 g/mol. The van der Waals surface area contributed by atoms with Gasteiger partial charge in [-0.25, -0.2) is 4.79 Å². The number of aromatic nitrogens is 2. The molecule has 0 saturated heterocycles. The van der Waals surface area contributed by atoms with Gasteiger partial charge in [0.15, 0.2) is 0 Å². The fourth-order valence-electron chi connectivity index (χ4n) is 2.27. The van der Waals surface area contributed by atoms with Crippen LogP contribution < -0.4 is 11.0 Å². The van der Waals surface area contributed by atoms with Crippen molar-refractivity contribution in [2.45, 2.75) is 13.3 Å². The molecule has 3 N–H and O–H groups in total. The van der Waals surface area contributed by atoms with Gasteiger partial charge in [-0.2, -0.15) is 0 Å². The third-order valence-electron chi connectivity index (χ3n) is 3.42. The first-order chi connectivity index (χ1) is 10.2. The van der Waals surface area contributed by atoms with Crippen LogP contribution in [0.15, 0.2) is 47.3 Å². The fraction of sp³-hybridized carbons (Fsp3) is 0.125. The maximum Gasteiger partial charge on any atom is 0.323 e. The first kappa shape index (κ1) is 13.2. The van der Waals surface area contributed by atoms with Crippen LogP contribution in [0.5, 0.6) is 0 Å². The van der Waals surface area contributed by atoms with Gasteiger partial charge in [-0.05, 0) is 36.2 Å². The number of imidazole rings is 1. The summed E-state index contributed by atoms with van der Waals surface area (Å²) >= 11 is 0. The van der Waals surface area contributed by atoms with Gasteiger partial charge >= 0.3 is 5.69 Å². The Bertz CT molecular complexity index is 844. The summed E-state index contributed by atoms with van der Waals surface area (Å²) < 4.78 is 0. The van der Waals surface area contributed by atoms with Gasteiger partial charge in [0.05, 0.1) is 16.6 Å². The second-order valence-corrected chi connectivity index (χ2v) is 4.81. The Kier molecular flexibility index (Phi) is 3.31. The average Bonchev–Trinajstić information content (AvgIpc) is 2.87. The number of amides is 1. The Balaban J connectivity index is 1.91. The van der Waals surface area contributed by atoms with Gasteiger partial charge < -0.3 is 15.3 Å². The molecule has 5 heteroatoms. The zero-order chi connectivity index (χ0) is 14.8. The first-order valence-corrected chi connectivity index (χ1v) is 6.78. The summed E-state index contributed by atoms with van der Waals surface area (Å²) in [4.78, 5) is 29.0. The normalized spacial score (nSPS) is 10.7. The zero-order valence-corrected chi connectivity index (χ0v) is 11.6. The summed E-state index contributed by atoms with van der Waals surface area (Å²) in [5.41, 5.74) is 3.19. The Hall–Kier alpha value is -2.82. The highest BCUT2D eigenvalue weighted by atomic mass is 16.2. The van der Waals surface area contributed by atoms with Crippen molar-refractivity contribution < 1.29 is 4.79 Å². The number of benzene rings is 2. The molecular formula is C16H15N3O2. The number of anilines is 1. The van der Waals surface area contributed by atoms with Crippen LogP contribution in [0.1, 0.15) is 22.8 Å². The molecule has 0 saturated carbocycles. The van der Waals surface area contributed by atoms with Gasteiger partial charge in [-0.1, -0.05) is 25.1 Å². The molecule has 0 aliphatic carbocycles. The highest BCUT2D eigenvalue weighted by Gasteiger charge is 2.12. The lowest BCUT2D eigenvalue weighted by atomic mass is 10.1. The van der Waals surface area contributed by atoms with Gasteiger partial charge in [-0.3, -0.25) is 4.79 Å². The Morgan fingerprint density at radius 3 is 2.57 bits per heavy atom. The van der Waals surface area contributed by atoms with Crippen molar-refractivity contribution in [2.75, 3.05) is 5.32 Å². The summed E-state index contributed by atoms with van der Waals surface area (Å²) in [5, 5.41) is 2.84. The van der Waals surface area contributed by atoms with Crippen molar-refractivity contribution in [3.05, 3.63) is 64.1 Å². The molecule has 0 fully saturated rings. The molecule has 1 aromatic heterocycles. The van der Waals surface area contributed by atoms with Crippen molar-refractivity contribution in [1.82, 2.24) is 9.97 Å². The Morgan fingerprint density at radius 1 is 1.10 bits per heavy atom. The predicted molar refractivity (Wildman–Crippen MR) is 82.7 cm³/mol. The fourth-order valence-corrected chi connectivity index (χ4v) is 2.27. The number of carbonyl (C=O) groups excluding carboxylic acids is 1. The third-order valence-corrected chi connectivity index (χ3v) is 3.42. The zero-order valence-electron chi connectivity index (χ0n) is 11.6. The summed E-state index contributed by atoms with van der Waals surface area (Å²) in [5.74, 6) is -0.250. The van der Waals surface area contributed by atoms with Crippen LogP contribution in [0.4, 0.5) is 5.69 Å². The van der Waals surface area contributed by atoms with Crippen LogP contribution in [0.2, 0.25) is 0 Å². The Morgan fingerprint density at radius 2 is 1.86 bits per heavy atom.